The molecule has 0 saturated heterocycles. The average molecular weight is 308 g/mol. The van der Waals surface area contributed by atoms with Gasteiger partial charge < -0.3 is 5.11 Å². The highest BCUT2D eigenvalue weighted by Gasteiger charge is 2.20. The molecule has 6 heteroatoms. The van der Waals surface area contributed by atoms with E-state index in [1.165, 1.54) is 22.5 Å². The molecule has 0 amide bonds. The molecule has 0 bridgehead atoms. The number of halogens is 1. The van der Waals surface area contributed by atoms with Gasteiger partial charge in [0.15, 0.2) is 0 Å². The van der Waals surface area contributed by atoms with E-state index in [4.69, 9.17) is 0 Å². The summed E-state index contributed by atoms with van der Waals surface area (Å²) >= 11 is 3.09. The smallest absolute Gasteiger partial charge is 0.242 e. The van der Waals surface area contributed by atoms with Crippen molar-refractivity contribution in [2.24, 2.45) is 0 Å². The van der Waals surface area contributed by atoms with Crippen molar-refractivity contribution >= 4 is 26.0 Å². The van der Waals surface area contributed by atoms with Crippen molar-refractivity contribution in [2.75, 3.05) is 13.6 Å². The van der Waals surface area contributed by atoms with E-state index in [1.54, 1.807) is 7.05 Å². The highest BCUT2D eigenvalue weighted by molar-refractivity contribution is 9.10. The van der Waals surface area contributed by atoms with Gasteiger partial charge in [0.05, 0.1) is 9.37 Å². The van der Waals surface area contributed by atoms with Gasteiger partial charge in [-0.05, 0) is 40.5 Å². The summed E-state index contributed by atoms with van der Waals surface area (Å²) in [6.45, 7) is 2.39. The van der Waals surface area contributed by atoms with E-state index in [9.17, 15) is 13.5 Å². The van der Waals surface area contributed by atoms with Gasteiger partial charge in [0.2, 0.25) is 10.0 Å². The Labute approximate surface area is 104 Å². The van der Waals surface area contributed by atoms with E-state index in [0.29, 0.717) is 11.0 Å². The molecule has 1 N–H and O–H groups in total. The van der Waals surface area contributed by atoms with E-state index >= 15 is 0 Å². The van der Waals surface area contributed by atoms with Crippen LogP contribution in [0, 0.1) is 0 Å². The summed E-state index contributed by atoms with van der Waals surface area (Å²) in [6.07, 6.45) is 0.759. The highest BCUT2D eigenvalue weighted by Crippen LogP contribution is 2.27. The molecule has 16 heavy (non-hydrogen) atoms. The Morgan fingerprint density at radius 1 is 1.44 bits per heavy atom. The van der Waals surface area contributed by atoms with Gasteiger partial charge in [-0.2, -0.15) is 0 Å². The summed E-state index contributed by atoms with van der Waals surface area (Å²) in [7, 11) is -1.91. The third kappa shape index (κ3) is 2.75. The molecule has 0 atom stereocenters. The molecule has 0 aliphatic carbocycles. The molecule has 1 rings (SSSR count). The number of benzene rings is 1. The average Bonchev–Trinajstić information content (AvgIpc) is 2.22. The molecular formula is C10H14BrNO3S. The summed E-state index contributed by atoms with van der Waals surface area (Å²) in [5.74, 6) is 0.0251. The maximum absolute atomic E-state index is 12.0. The standard InChI is InChI=1S/C10H14BrNO3S/c1-3-6-12(2)16(14,15)8-4-5-10(13)9(11)7-8/h4-5,7,13H,3,6H2,1-2H3. The molecule has 1 aromatic carbocycles. The first kappa shape index (κ1) is 13.5. The Kier molecular flexibility index (Phi) is 4.35. The number of rotatable bonds is 4. The van der Waals surface area contributed by atoms with Gasteiger partial charge >= 0.3 is 0 Å². The molecule has 0 fully saturated rings. The summed E-state index contributed by atoms with van der Waals surface area (Å²) < 4.78 is 25.7. The van der Waals surface area contributed by atoms with Gasteiger partial charge in [0.25, 0.3) is 0 Å². The maximum atomic E-state index is 12.0. The summed E-state index contributed by atoms with van der Waals surface area (Å²) in [5, 5.41) is 9.30. The summed E-state index contributed by atoms with van der Waals surface area (Å²) in [4.78, 5) is 0.174. The van der Waals surface area contributed by atoms with Gasteiger partial charge in [0.1, 0.15) is 5.75 Å². The zero-order valence-electron chi connectivity index (χ0n) is 9.14. The number of aromatic hydroxyl groups is 1. The lowest BCUT2D eigenvalue weighted by Crippen LogP contribution is -2.27. The van der Waals surface area contributed by atoms with Crippen LogP contribution >= 0.6 is 15.9 Å². The first-order chi connectivity index (χ1) is 7.39. The van der Waals surface area contributed by atoms with Gasteiger partial charge in [-0.3, -0.25) is 0 Å². The molecule has 0 spiro atoms. The molecule has 4 nitrogen and oxygen atoms in total. The van der Waals surface area contributed by atoms with Crippen molar-refractivity contribution < 1.29 is 13.5 Å². The van der Waals surface area contributed by atoms with Crippen LogP contribution in [0.5, 0.6) is 5.75 Å². The quantitative estimate of drug-likeness (QED) is 0.927. The van der Waals surface area contributed by atoms with Crippen LogP contribution in [-0.4, -0.2) is 31.4 Å². The first-order valence-corrected chi connectivity index (χ1v) is 7.07. The van der Waals surface area contributed by atoms with Crippen LogP contribution in [0.25, 0.3) is 0 Å². The summed E-state index contributed by atoms with van der Waals surface area (Å²) in [6, 6.07) is 4.15. The SMILES string of the molecule is CCCN(C)S(=O)(=O)c1ccc(O)c(Br)c1. The largest absolute Gasteiger partial charge is 0.507 e. The second-order valence-corrected chi connectivity index (χ2v) is 6.34. The van der Waals surface area contributed by atoms with Crippen molar-refractivity contribution in [1.29, 1.82) is 0 Å². The van der Waals surface area contributed by atoms with E-state index in [1.807, 2.05) is 6.92 Å². The van der Waals surface area contributed by atoms with Crippen LogP contribution in [0.15, 0.2) is 27.6 Å². The van der Waals surface area contributed by atoms with Crippen LogP contribution in [0.3, 0.4) is 0 Å². The Hall–Kier alpha value is -0.590. The lowest BCUT2D eigenvalue weighted by molar-refractivity contribution is 0.465. The Morgan fingerprint density at radius 2 is 2.06 bits per heavy atom. The molecule has 0 aliphatic rings. The first-order valence-electron chi connectivity index (χ1n) is 4.84. The second kappa shape index (κ2) is 5.16. The molecular weight excluding hydrogens is 294 g/mol. The zero-order chi connectivity index (χ0) is 12.3. The molecule has 0 heterocycles. The fourth-order valence-electron chi connectivity index (χ4n) is 1.26. The lowest BCUT2D eigenvalue weighted by Gasteiger charge is -2.16. The van der Waals surface area contributed by atoms with Gasteiger partial charge in [-0.1, -0.05) is 6.92 Å². The number of sulfonamides is 1. The van der Waals surface area contributed by atoms with E-state index in [2.05, 4.69) is 15.9 Å². The van der Waals surface area contributed by atoms with Crippen LogP contribution in [-0.2, 0) is 10.0 Å². The van der Waals surface area contributed by atoms with Crippen LogP contribution < -0.4 is 0 Å². The maximum Gasteiger partial charge on any atom is 0.242 e. The number of hydrogen-bond acceptors (Lipinski definition) is 3. The highest BCUT2D eigenvalue weighted by atomic mass is 79.9. The second-order valence-electron chi connectivity index (χ2n) is 3.44. The van der Waals surface area contributed by atoms with Crippen molar-refractivity contribution in [3.05, 3.63) is 22.7 Å². The van der Waals surface area contributed by atoms with E-state index in [-0.39, 0.29) is 10.6 Å². The van der Waals surface area contributed by atoms with Gasteiger partial charge in [-0.25, -0.2) is 12.7 Å². The Morgan fingerprint density at radius 3 is 2.56 bits per heavy atom. The van der Waals surface area contributed by atoms with Gasteiger partial charge in [0, 0.05) is 13.6 Å². The molecule has 0 aliphatic heterocycles. The molecule has 0 unspecified atom stereocenters. The van der Waals surface area contributed by atoms with Crippen molar-refractivity contribution in [1.82, 2.24) is 4.31 Å². The normalized spacial score (nSPS) is 12.0. The number of hydrogen-bond donors (Lipinski definition) is 1. The van der Waals surface area contributed by atoms with Crippen molar-refractivity contribution in [3.63, 3.8) is 0 Å². The predicted octanol–water partition coefficient (Wildman–Crippen LogP) is 2.19. The summed E-state index contributed by atoms with van der Waals surface area (Å²) in [5.41, 5.74) is 0. The zero-order valence-corrected chi connectivity index (χ0v) is 11.5. The minimum atomic E-state index is -3.45. The van der Waals surface area contributed by atoms with Crippen LogP contribution in [0.1, 0.15) is 13.3 Å². The Balaban J connectivity index is 3.12. The van der Waals surface area contributed by atoms with Gasteiger partial charge in [-0.15, -0.1) is 0 Å². The third-order valence-electron chi connectivity index (χ3n) is 2.17. The molecule has 1 aromatic rings. The molecule has 0 radical (unpaired) electrons. The lowest BCUT2D eigenvalue weighted by atomic mass is 10.3. The van der Waals surface area contributed by atoms with E-state index in [0.717, 1.165) is 6.42 Å². The number of phenolic OH excluding ortho intramolecular Hbond substituents is 1. The molecule has 90 valence electrons. The number of phenols is 1. The fraction of sp³-hybridized carbons (Fsp3) is 0.400. The monoisotopic (exact) mass is 307 g/mol. The molecule has 0 saturated carbocycles. The van der Waals surface area contributed by atoms with E-state index < -0.39 is 10.0 Å². The topological polar surface area (TPSA) is 57.6 Å². The van der Waals surface area contributed by atoms with Crippen LogP contribution in [0.4, 0.5) is 0 Å². The molecule has 0 aromatic heterocycles. The van der Waals surface area contributed by atoms with Crippen LogP contribution in [0.2, 0.25) is 0 Å². The van der Waals surface area contributed by atoms with Crippen molar-refractivity contribution in [3.8, 4) is 5.75 Å². The third-order valence-corrected chi connectivity index (χ3v) is 4.65. The minimum Gasteiger partial charge on any atom is -0.507 e. The minimum absolute atomic E-state index is 0.0251. The fourth-order valence-corrected chi connectivity index (χ4v) is 3.08. The number of nitrogens with zero attached hydrogens (tertiary/aromatic N) is 1. The van der Waals surface area contributed by atoms with Crippen molar-refractivity contribution in [2.45, 2.75) is 18.2 Å². The Bertz CT molecular complexity index is 473. The predicted molar refractivity (Wildman–Crippen MR) is 65.9 cm³/mol.